The van der Waals surface area contributed by atoms with E-state index in [1.165, 1.54) is 6.07 Å². The molecule has 1 atom stereocenters. The zero-order valence-corrected chi connectivity index (χ0v) is 20.7. The van der Waals surface area contributed by atoms with Crippen LogP contribution in [0.4, 0.5) is 13.2 Å². The summed E-state index contributed by atoms with van der Waals surface area (Å²) in [7, 11) is 0. The monoisotopic (exact) mass is 490 g/mol. The Bertz CT molecular complexity index is 1160. The Balaban J connectivity index is 2.11. The van der Waals surface area contributed by atoms with Crippen molar-refractivity contribution in [3.8, 4) is 16.9 Å². The van der Waals surface area contributed by atoms with Gasteiger partial charge in [-0.25, -0.2) is 4.79 Å². The lowest BCUT2D eigenvalue weighted by molar-refractivity contribution is -0.139. The minimum atomic E-state index is -4.34. The van der Waals surface area contributed by atoms with Crippen molar-refractivity contribution in [2.75, 3.05) is 0 Å². The molecular weight excluding hydrogens is 461 g/mol. The van der Waals surface area contributed by atoms with Crippen LogP contribution in [0.3, 0.4) is 0 Å². The normalized spacial score (nSPS) is 13.1. The van der Waals surface area contributed by atoms with E-state index in [1.807, 2.05) is 71.0 Å². The lowest BCUT2D eigenvalue weighted by Gasteiger charge is -2.30. The molecule has 0 bridgehead atoms. The van der Waals surface area contributed by atoms with Crippen LogP contribution in [0.1, 0.15) is 71.0 Å². The van der Waals surface area contributed by atoms with Gasteiger partial charge in [0, 0.05) is 16.9 Å². The van der Waals surface area contributed by atoms with E-state index in [1.54, 1.807) is 6.07 Å². The summed E-state index contributed by atoms with van der Waals surface area (Å²) in [6.45, 7) is 10.1. The first-order chi connectivity index (χ1) is 15.8. The van der Waals surface area contributed by atoms with E-state index < -0.39 is 24.7 Å². The molecule has 3 nitrogen and oxygen atoms in total. The Morgan fingerprint density at radius 1 is 1.06 bits per heavy atom. The van der Waals surface area contributed by atoms with Crippen molar-refractivity contribution in [1.82, 2.24) is 0 Å². The van der Waals surface area contributed by atoms with Crippen molar-refractivity contribution in [1.29, 1.82) is 0 Å². The van der Waals surface area contributed by atoms with Crippen LogP contribution >= 0.6 is 11.3 Å². The van der Waals surface area contributed by atoms with Gasteiger partial charge in [-0.15, -0.1) is 11.3 Å². The first-order valence-electron chi connectivity index (χ1n) is 11.0. The van der Waals surface area contributed by atoms with Crippen LogP contribution in [-0.2, 0) is 5.41 Å². The van der Waals surface area contributed by atoms with Crippen LogP contribution in [0.25, 0.3) is 11.1 Å². The Hall–Kier alpha value is -2.80. The molecule has 182 valence electrons. The summed E-state index contributed by atoms with van der Waals surface area (Å²) in [6, 6.07) is 14.8. The number of carbonyl (C=O) groups is 1. The van der Waals surface area contributed by atoms with Gasteiger partial charge in [-0.1, -0.05) is 51.1 Å². The van der Waals surface area contributed by atoms with Crippen molar-refractivity contribution < 1.29 is 27.8 Å². The molecule has 0 fully saturated rings. The van der Waals surface area contributed by atoms with Crippen LogP contribution in [0.15, 0.2) is 48.5 Å². The molecule has 0 amide bonds. The second-order valence-corrected chi connectivity index (χ2v) is 10.6. The van der Waals surface area contributed by atoms with Gasteiger partial charge in [-0.3, -0.25) is 0 Å². The molecule has 1 N–H and O–H groups in total. The SMILES string of the molecule is Cc1cc(OC(CCC(F)(F)F)c2ccc(C(=O)O)s2)c(C(C)(C)C)c(C)c1-c1ccccc1. The van der Waals surface area contributed by atoms with E-state index in [0.29, 0.717) is 10.6 Å². The van der Waals surface area contributed by atoms with Gasteiger partial charge < -0.3 is 9.84 Å². The summed E-state index contributed by atoms with van der Waals surface area (Å²) in [4.78, 5) is 11.9. The Kier molecular flexibility index (Phi) is 7.46. The quantitative estimate of drug-likeness (QED) is 0.361. The molecule has 0 aliphatic carbocycles. The zero-order valence-electron chi connectivity index (χ0n) is 19.9. The molecule has 2 aromatic carbocycles. The summed E-state index contributed by atoms with van der Waals surface area (Å²) in [5, 5.41) is 9.28. The molecule has 7 heteroatoms. The van der Waals surface area contributed by atoms with E-state index in [0.717, 1.165) is 39.2 Å². The minimum Gasteiger partial charge on any atom is -0.485 e. The van der Waals surface area contributed by atoms with Gasteiger partial charge in [0.1, 0.15) is 16.7 Å². The highest BCUT2D eigenvalue weighted by Gasteiger charge is 2.32. The maximum absolute atomic E-state index is 13.1. The number of hydrogen-bond acceptors (Lipinski definition) is 3. The molecule has 0 aliphatic heterocycles. The largest absolute Gasteiger partial charge is 0.485 e. The standard InChI is InChI=1S/C27H29F3O3S/c1-16-15-20(24(26(3,4)5)17(2)23(16)18-9-7-6-8-10-18)33-19(13-14-27(28,29)30)21-11-12-22(34-21)25(31)32/h6-12,15,19H,13-14H2,1-5H3,(H,31,32). The number of alkyl halides is 3. The molecule has 0 aliphatic rings. The van der Waals surface area contributed by atoms with Crippen molar-refractivity contribution in [2.45, 2.75) is 65.2 Å². The van der Waals surface area contributed by atoms with Crippen LogP contribution in [-0.4, -0.2) is 17.3 Å². The fourth-order valence-corrected chi connectivity index (χ4v) is 5.28. The summed E-state index contributed by atoms with van der Waals surface area (Å²) in [5.41, 5.74) is 4.69. The number of aromatic carboxylic acids is 1. The molecule has 0 saturated heterocycles. The summed E-state index contributed by atoms with van der Waals surface area (Å²) in [6.07, 6.45) is -6.58. The predicted molar refractivity (Wildman–Crippen MR) is 130 cm³/mol. The van der Waals surface area contributed by atoms with Gasteiger partial charge in [0.25, 0.3) is 0 Å². The lowest BCUT2D eigenvalue weighted by Crippen LogP contribution is -2.19. The van der Waals surface area contributed by atoms with Crippen molar-refractivity contribution in [3.63, 3.8) is 0 Å². The van der Waals surface area contributed by atoms with Crippen molar-refractivity contribution >= 4 is 17.3 Å². The van der Waals surface area contributed by atoms with E-state index in [9.17, 15) is 23.1 Å². The van der Waals surface area contributed by atoms with Gasteiger partial charge in [0.05, 0.1) is 0 Å². The molecule has 0 radical (unpaired) electrons. The van der Waals surface area contributed by atoms with E-state index in [-0.39, 0.29) is 16.7 Å². The summed E-state index contributed by atoms with van der Waals surface area (Å²) < 4.78 is 45.6. The van der Waals surface area contributed by atoms with Crippen LogP contribution < -0.4 is 4.74 Å². The molecule has 0 spiro atoms. The van der Waals surface area contributed by atoms with Gasteiger partial charge >= 0.3 is 12.1 Å². The molecule has 34 heavy (non-hydrogen) atoms. The topological polar surface area (TPSA) is 46.5 Å². The third-order valence-electron chi connectivity index (χ3n) is 5.66. The van der Waals surface area contributed by atoms with Gasteiger partial charge in [0.2, 0.25) is 0 Å². The second-order valence-electron chi connectivity index (χ2n) is 9.45. The van der Waals surface area contributed by atoms with Gasteiger partial charge in [-0.2, -0.15) is 13.2 Å². The van der Waals surface area contributed by atoms with E-state index in [2.05, 4.69) is 0 Å². The number of carboxylic acid groups (broad SMARTS) is 1. The highest BCUT2D eigenvalue weighted by molar-refractivity contribution is 7.14. The molecule has 1 aromatic heterocycles. The van der Waals surface area contributed by atoms with E-state index >= 15 is 0 Å². The first-order valence-corrected chi connectivity index (χ1v) is 11.9. The number of halogens is 3. The van der Waals surface area contributed by atoms with Crippen molar-refractivity contribution in [2.24, 2.45) is 0 Å². The number of thiophene rings is 1. The third kappa shape index (κ3) is 6.00. The Morgan fingerprint density at radius 2 is 1.71 bits per heavy atom. The molecule has 3 rings (SSSR count). The molecular formula is C27H29F3O3S. The van der Waals surface area contributed by atoms with E-state index in [4.69, 9.17) is 4.74 Å². The third-order valence-corrected chi connectivity index (χ3v) is 6.83. The smallest absolute Gasteiger partial charge is 0.389 e. The fraction of sp³-hybridized carbons (Fsp3) is 0.370. The minimum absolute atomic E-state index is 0.0680. The molecule has 1 heterocycles. The second kappa shape index (κ2) is 9.82. The van der Waals surface area contributed by atoms with Crippen LogP contribution in [0.5, 0.6) is 5.75 Å². The fourth-order valence-electron chi connectivity index (χ4n) is 4.37. The average molecular weight is 491 g/mol. The van der Waals surface area contributed by atoms with Gasteiger partial charge in [0.15, 0.2) is 0 Å². The zero-order chi connectivity index (χ0) is 25.3. The average Bonchev–Trinajstić information content (AvgIpc) is 3.20. The maximum Gasteiger partial charge on any atom is 0.389 e. The highest BCUT2D eigenvalue weighted by atomic mass is 32.1. The molecule has 0 saturated carbocycles. The highest BCUT2D eigenvalue weighted by Crippen LogP contribution is 2.44. The van der Waals surface area contributed by atoms with Crippen molar-refractivity contribution in [3.05, 3.63) is 75.0 Å². The summed E-state index contributed by atoms with van der Waals surface area (Å²) in [5.74, 6) is -0.584. The molecule has 1 unspecified atom stereocenters. The lowest BCUT2D eigenvalue weighted by atomic mass is 9.79. The maximum atomic E-state index is 13.1. The predicted octanol–water partition coefficient (Wildman–Crippen LogP) is 8.49. The number of rotatable bonds is 7. The molecule has 3 aromatic rings. The number of benzene rings is 2. The summed E-state index contributed by atoms with van der Waals surface area (Å²) >= 11 is 0.949. The Morgan fingerprint density at radius 3 is 2.24 bits per heavy atom. The number of hydrogen-bond donors (Lipinski definition) is 1. The number of ether oxygens (including phenoxy) is 1. The van der Waals surface area contributed by atoms with Gasteiger partial charge in [-0.05, 0) is 66.1 Å². The van der Waals surface area contributed by atoms with Crippen LogP contribution in [0.2, 0.25) is 0 Å². The number of aryl methyl sites for hydroxylation is 1. The first kappa shape index (κ1) is 25.8. The van der Waals surface area contributed by atoms with Crippen LogP contribution in [0, 0.1) is 13.8 Å². The Labute approximate surface area is 202 Å². The number of carboxylic acids is 1.